The molecule has 0 saturated heterocycles. The van der Waals surface area contributed by atoms with E-state index >= 15 is 0 Å². The second-order valence-electron chi connectivity index (χ2n) is 5.43. The summed E-state index contributed by atoms with van der Waals surface area (Å²) in [5.41, 5.74) is 12.1. The quantitative estimate of drug-likeness (QED) is 0.731. The molecule has 1 heterocycles. The van der Waals surface area contributed by atoms with Crippen LogP contribution in [0.25, 0.3) is 22.0 Å². The summed E-state index contributed by atoms with van der Waals surface area (Å²) in [6.45, 7) is 4.98. The van der Waals surface area contributed by atoms with Gasteiger partial charge in [0.15, 0.2) is 0 Å². The van der Waals surface area contributed by atoms with Gasteiger partial charge in [0.2, 0.25) is 0 Å². The zero-order valence-corrected chi connectivity index (χ0v) is 12.0. The summed E-state index contributed by atoms with van der Waals surface area (Å²) < 4.78 is 0. The van der Waals surface area contributed by atoms with Gasteiger partial charge in [0, 0.05) is 16.6 Å². The number of hydrogen-bond donors (Lipinski definition) is 2. The van der Waals surface area contributed by atoms with Gasteiger partial charge in [0.05, 0.1) is 0 Å². The number of hydrogen-bond acceptors (Lipinski definition) is 1. The number of rotatable bonds is 3. The molecule has 0 bridgehead atoms. The molecule has 2 aromatic carbocycles. The molecule has 3 N–H and O–H groups in total. The molecule has 2 heteroatoms. The first-order chi connectivity index (χ1) is 9.70. The van der Waals surface area contributed by atoms with Crippen molar-refractivity contribution in [3.63, 3.8) is 0 Å². The van der Waals surface area contributed by atoms with Gasteiger partial charge in [-0.15, -0.1) is 0 Å². The van der Waals surface area contributed by atoms with Crippen LogP contribution in [0.1, 0.15) is 24.1 Å². The summed E-state index contributed by atoms with van der Waals surface area (Å²) in [7, 11) is 0. The summed E-state index contributed by atoms with van der Waals surface area (Å²) >= 11 is 0. The molecular weight excluding hydrogens is 244 g/mol. The molecule has 0 spiro atoms. The maximum Gasteiger partial charge on any atom is 0.0459 e. The summed E-state index contributed by atoms with van der Waals surface area (Å²) in [6.07, 6.45) is 0. The third-order valence-corrected chi connectivity index (χ3v) is 3.99. The van der Waals surface area contributed by atoms with Crippen molar-refractivity contribution in [2.24, 2.45) is 5.73 Å². The van der Waals surface area contributed by atoms with Gasteiger partial charge in [-0.2, -0.15) is 0 Å². The van der Waals surface area contributed by atoms with E-state index in [9.17, 15) is 0 Å². The number of aromatic nitrogens is 1. The average molecular weight is 264 g/mol. The van der Waals surface area contributed by atoms with Crippen molar-refractivity contribution < 1.29 is 0 Å². The highest BCUT2D eigenvalue weighted by atomic mass is 14.7. The highest BCUT2D eigenvalue weighted by molar-refractivity contribution is 5.89. The van der Waals surface area contributed by atoms with Crippen LogP contribution in [0.2, 0.25) is 0 Å². The first-order valence-corrected chi connectivity index (χ1v) is 7.08. The van der Waals surface area contributed by atoms with Crippen LogP contribution < -0.4 is 5.73 Å². The predicted molar refractivity (Wildman–Crippen MR) is 85.9 cm³/mol. The lowest BCUT2D eigenvalue weighted by Gasteiger charge is -2.09. The van der Waals surface area contributed by atoms with Crippen LogP contribution in [-0.4, -0.2) is 11.5 Å². The van der Waals surface area contributed by atoms with E-state index in [1.54, 1.807) is 0 Å². The molecule has 1 atom stereocenters. The lowest BCUT2D eigenvalue weighted by atomic mass is 9.95. The molecule has 3 aromatic rings. The Labute approximate surface area is 119 Å². The Hall–Kier alpha value is -2.06. The Balaban J connectivity index is 2.19. The van der Waals surface area contributed by atoms with Crippen molar-refractivity contribution in [1.29, 1.82) is 0 Å². The van der Waals surface area contributed by atoms with E-state index in [0.29, 0.717) is 12.5 Å². The summed E-state index contributed by atoms with van der Waals surface area (Å²) in [4.78, 5) is 3.47. The average Bonchev–Trinajstić information content (AvgIpc) is 2.82. The summed E-state index contributed by atoms with van der Waals surface area (Å²) in [5, 5.41) is 1.29. The minimum Gasteiger partial charge on any atom is -0.358 e. The fraction of sp³-hybridized carbons (Fsp3) is 0.222. The monoisotopic (exact) mass is 264 g/mol. The lowest BCUT2D eigenvalue weighted by Crippen LogP contribution is -2.09. The highest BCUT2D eigenvalue weighted by Gasteiger charge is 2.14. The number of fused-ring (bicyclic) bond motifs is 1. The molecule has 0 radical (unpaired) electrons. The Bertz CT molecular complexity index is 726. The third kappa shape index (κ3) is 2.12. The zero-order valence-electron chi connectivity index (χ0n) is 12.0. The van der Waals surface area contributed by atoms with E-state index in [2.05, 4.69) is 61.3 Å². The molecule has 0 saturated carbocycles. The fourth-order valence-electron chi connectivity index (χ4n) is 2.91. The number of nitrogens with two attached hydrogens (primary N) is 1. The second kappa shape index (κ2) is 5.14. The third-order valence-electron chi connectivity index (χ3n) is 3.99. The first-order valence-electron chi connectivity index (χ1n) is 7.08. The first kappa shape index (κ1) is 12.9. The van der Waals surface area contributed by atoms with Crippen molar-refractivity contribution in [2.75, 3.05) is 6.54 Å². The van der Waals surface area contributed by atoms with E-state index in [1.807, 2.05) is 6.07 Å². The Kier molecular flexibility index (Phi) is 3.33. The van der Waals surface area contributed by atoms with Gasteiger partial charge in [-0.05, 0) is 48.2 Å². The van der Waals surface area contributed by atoms with Crippen molar-refractivity contribution in [3.8, 4) is 11.1 Å². The van der Waals surface area contributed by atoms with Crippen LogP contribution in [0, 0.1) is 6.92 Å². The Morgan fingerprint density at radius 3 is 2.50 bits per heavy atom. The number of aromatic amines is 1. The molecule has 0 fully saturated rings. The minimum absolute atomic E-state index is 0.370. The number of H-pyrrole nitrogens is 1. The normalized spacial score (nSPS) is 12.8. The summed E-state index contributed by atoms with van der Waals surface area (Å²) in [5.74, 6) is 0.370. The molecule has 1 aromatic heterocycles. The van der Waals surface area contributed by atoms with Gasteiger partial charge < -0.3 is 10.7 Å². The highest BCUT2D eigenvalue weighted by Crippen LogP contribution is 2.32. The fourth-order valence-corrected chi connectivity index (χ4v) is 2.91. The molecule has 1 unspecified atom stereocenters. The van der Waals surface area contributed by atoms with Crippen LogP contribution in [0.15, 0.2) is 48.5 Å². The molecule has 2 nitrogen and oxygen atoms in total. The molecule has 0 aliphatic carbocycles. The molecule has 102 valence electrons. The van der Waals surface area contributed by atoms with Crippen LogP contribution in [0.3, 0.4) is 0 Å². The molecule has 0 aliphatic rings. The van der Waals surface area contributed by atoms with Crippen molar-refractivity contribution >= 4 is 10.9 Å². The summed E-state index contributed by atoms with van der Waals surface area (Å²) in [6, 6.07) is 17.1. The van der Waals surface area contributed by atoms with Crippen LogP contribution in [0.4, 0.5) is 0 Å². The zero-order chi connectivity index (χ0) is 14.1. The van der Waals surface area contributed by atoms with Gasteiger partial charge in [0.25, 0.3) is 0 Å². The second-order valence-corrected chi connectivity index (χ2v) is 5.43. The molecular formula is C18H20N2. The van der Waals surface area contributed by atoms with Crippen molar-refractivity contribution in [3.05, 3.63) is 59.8 Å². The number of aryl methyl sites for hydroxylation is 1. The van der Waals surface area contributed by atoms with Gasteiger partial charge in [-0.1, -0.05) is 43.3 Å². The van der Waals surface area contributed by atoms with E-state index in [0.717, 1.165) is 0 Å². The van der Waals surface area contributed by atoms with E-state index < -0.39 is 0 Å². The van der Waals surface area contributed by atoms with Crippen LogP contribution >= 0.6 is 0 Å². The van der Waals surface area contributed by atoms with E-state index in [4.69, 9.17) is 5.73 Å². The predicted octanol–water partition coefficient (Wildman–Crippen LogP) is 4.21. The number of nitrogens with one attached hydrogen (secondary N) is 1. The van der Waals surface area contributed by atoms with Gasteiger partial charge in [-0.3, -0.25) is 0 Å². The smallest absolute Gasteiger partial charge is 0.0459 e. The standard InChI is InChI=1S/C18H20N2/c1-12(11-19)18-13(2)20-17-9-8-15(10-16(17)18)14-6-4-3-5-7-14/h3-10,12,20H,11,19H2,1-2H3. The van der Waals surface area contributed by atoms with E-state index in [1.165, 1.54) is 33.3 Å². The maximum atomic E-state index is 5.86. The molecule has 20 heavy (non-hydrogen) atoms. The molecule has 0 amide bonds. The Morgan fingerprint density at radius 1 is 1.05 bits per heavy atom. The minimum atomic E-state index is 0.370. The van der Waals surface area contributed by atoms with E-state index in [-0.39, 0.29) is 0 Å². The largest absolute Gasteiger partial charge is 0.358 e. The van der Waals surface area contributed by atoms with Crippen LogP contribution in [0.5, 0.6) is 0 Å². The van der Waals surface area contributed by atoms with Gasteiger partial charge >= 0.3 is 0 Å². The number of benzene rings is 2. The van der Waals surface area contributed by atoms with Crippen molar-refractivity contribution in [2.45, 2.75) is 19.8 Å². The SMILES string of the molecule is Cc1[nH]c2ccc(-c3ccccc3)cc2c1C(C)CN. The Morgan fingerprint density at radius 2 is 1.80 bits per heavy atom. The maximum absolute atomic E-state index is 5.86. The topological polar surface area (TPSA) is 41.8 Å². The van der Waals surface area contributed by atoms with Crippen LogP contribution in [-0.2, 0) is 0 Å². The van der Waals surface area contributed by atoms with Gasteiger partial charge in [-0.25, -0.2) is 0 Å². The van der Waals surface area contributed by atoms with Gasteiger partial charge in [0.1, 0.15) is 0 Å². The van der Waals surface area contributed by atoms with Crippen molar-refractivity contribution in [1.82, 2.24) is 4.98 Å². The lowest BCUT2D eigenvalue weighted by molar-refractivity contribution is 0.773. The molecule has 0 aliphatic heterocycles. The molecule has 3 rings (SSSR count).